The van der Waals surface area contributed by atoms with Crippen molar-refractivity contribution in [2.45, 2.75) is 13.2 Å². The molecule has 0 aliphatic carbocycles. The van der Waals surface area contributed by atoms with Gasteiger partial charge in [-0.15, -0.1) is 0 Å². The van der Waals surface area contributed by atoms with E-state index < -0.39 is 6.61 Å². The molecular formula is C13H14F2N4O2. The fourth-order valence-corrected chi connectivity index (χ4v) is 1.78. The number of benzene rings is 1. The van der Waals surface area contributed by atoms with Crippen molar-refractivity contribution in [2.75, 3.05) is 12.8 Å². The molecule has 8 heteroatoms. The van der Waals surface area contributed by atoms with E-state index in [1.54, 1.807) is 19.2 Å². The first-order valence-electron chi connectivity index (χ1n) is 6.05. The number of amides is 1. The van der Waals surface area contributed by atoms with Gasteiger partial charge in [-0.3, -0.25) is 9.89 Å². The Morgan fingerprint density at radius 3 is 2.62 bits per heavy atom. The summed E-state index contributed by atoms with van der Waals surface area (Å²) in [5, 5.41) is 6.22. The highest BCUT2D eigenvalue weighted by atomic mass is 19.3. The molecule has 0 atom stereocenters. The molecule has 0 saturated carbocycles. The van der Waals surface area contributed by atoms with Crippen LogP contribution in [0.4, 0.5) is 14.5 Å². The first-order chi connectivity index (χ1) is 9.97. The van der Waals surface area contributed by atoms with E-state index in [1.807, 2.05) is 0 Å². The zero-order valence-electron chi connectivity index (χ0n) is 11.2. The number of nitrogens with zero attached hydrogens (tertiary/aromatic N) is 2. The van der Waals surface area contributed by atoms with Gasteiger partial charge in [0.2, 0.25) is 0 Å². The van der Waals surface area contributed by atoms with Crippen molar-refractivity contribution in [1.82, 2.24) is 15.1 Å². The van der Waals surface area contributed by atoms with Crippen molar-refractivity contribution < 1.29 is 18.3 Å². The molecule has 2 rings (SSSR count). The lowest BCUT2D eigenvalue weighted by molar-refractivity contribution is -0.0498. The Kier molecular flexibility index (Phi) is 4.36. The fraction of sp³-hybridized carbons (Fsp3) is 0.231. The molecule has 0 radical (unpaired) electrons. The number of nitrogens with two attached hydrogens (primary N) is 1. The van der Waals surface area contributed by atoms with Crippen LogP contribution in [0.1, 0.15) is 16.1 Å². The summed E-state index contributed by atoms with van der Waals surface area (Å²) in [7, 11) is 1.60. The summed E-state index contributed by atoms with van der Waals surface area (Å²) in [5.41, 5.74) is 6.87. The van der Waals surface area contributed by atoms with Crippen LogP contribution in [-0.4, -0.2) is 34.7 Å². The van der Waals surface area contributed by atoms with Gasteiger partial charge in [0, 0.05) is 13.6 Å². The lowest BCUT2D eigenvalue weighted by Crippen LogP contribution is -2.27. The normalized spacial score (nSPS) is 10.7. The Balaban J connectivity index is 2.01. The van der Waals surface area contributed by atoms with E-state index >= 15 is 0 Å². The van der Waals surface area contributed by atoms with Crippen LogP contribution in [0.5, 0.6) is 5.75 Å². The summed E-state index contributed by atoms with van der Waals surface area (Å²) in [4.78, 5) is 13.5. The number of anilines is 1. The second-order valence-corrected chi connectivity index (χ2v) is 4.38. The molecule has 0 unspecified atom stereocenters. The van der Waals surface area contributed by atoms with Crippen molar-refractivity contribution in [3.05, 3.63) is 41.7 Å². The number of hydrogen-bond acceptors (Lipinski definition) is 4. The van der Waals surface area contributed by atoms with Crippen LogP contribution in [0.2, 0.25) is 0 Å². The lowest BCUT2D eigenvalue weighted by atomic mass is 10.2. The Morgan fingerprint density at radius 2 is 2.10 bits per heavy atom. The number of carbonyl (C=O) groups excluding carboxylic acids is 1. The molecule has 0 spiro atoms. The van der Waals surface area contributed by atoms with Gasteiger partial charge in [0.1, 0.15) is 11.4 Å². The minimum atomic E-state index is -2.86. The van der Waals surface area contributed by atoms with E-state index in [1.165, 1.54) is 23.2 Å². The second-order valence-electron chi connectivity index (χ2n) is 4.38. The van der Waals surface area contributed by atoms with Gasteiger partial charge in [-0.25, -0.2) is 0 Å². The van der Waals surface area contributed by atoms with Crippen LogP contribution in [-0.2, 0) is 6.54 Å². The SMILES string of the molecule is CN(Cc1ccc(OC(F)F)cc1)C(=O)c1[nH]ncc1N. The van der Waals surface area contributed by atoms with Crippen LogP contribution in [0.15, 0.2) is 30.5 Å². The summed E-state index contributed by atoms with van der Waals surface area (Å²) < 4.78 is 28.3. The van der Waals surface area contributed by atoms with Crippen molar-refractivity contribution in [2.24, 2.45) is 0 Å². The Bertz CT molecular complexity index is 613. The van der Waals surface area contributed by atoms with Crippen LogP contribution in [0.25, 0.3) is 0 Å². The smallest absolute Gasteiger partial charge is 0.387 e. The van der Waals surface area contributed by atoms with Crippen molar-refractivity contribution in [3.63, 3.8) is 0 Å². The molecule has 0 fully saturated rings. The summed E-state index contributed by atoms with van der Waals surface area (Å²) >= 11 is 0. The largest absolute Gasteiger partial charge is 0.435 e. The molecule has 2 aromatic rings. The highest BCUT2D eigenvalue weighted by Crippen LogP contribution is 2.17. The molecule has 3 N–H and O–H groups in total. The third-order valence-corrected chi connectivity index (χ3v) is 2.80. The third kappa shape index (κ3) is 3.68. The van der Waals surface area contributed by atoms with E-state index in [-0.39, 0.29) is 23.0 Å². The first-order valence-corrected chi connectivity index (χ1v) is 6.05. The Morgan fingerprint density at radius 1 is 1.43 bits per heavy atom. The molecule has 0 bridgehead atoms. The monoisotopic (exact) mass is 296 g/mol. The van der Waals surface area contributed by atoms with Gasteiger partial charge in [0.05, 0.1) is 11.9 Å². The fourth-order valence-electron chi connectivity index (χ4n) is 1.78. The molecule has 1 amide bonds. The Labute approximate surface area is 119 Å². The van der Waals surface area contributed by atoms with Gasteiger partial charge in [-0.1, -0.05) is 12.1 Å². The van der Waals surface area contributed by atoms with E-state index in [9.17, 15) is 13.6 Å². The zero-order valence-corrected chi connectivity index (χ0v) is 11.2. The molecule has 1 heterocycles. The van der Waals surface area contributed by atoms with Crippen molar-refractivity contribution >= 4 is 11.6 Å². The molecule has 0 aliphatic rings. The van der Waals surface area contributed by atoms with Crippen LogP contribution >= 0.6 is 0 Å². The van der Waals surface area contributed by atoms with Crippen LogP contribution in [0.3, 0.4) is 0 Å². The molecular weight excluding hydrogens is 282 g/mol. The summed E-state index contributed by atoms with van der Waals surface area (Å²) in [5.74, 6) is -0.238. The topological polar surface area (TPSA) is 84.2 Å². The number of rotatable bonds is 5. The molecule has 1 aromatic heterocycles. The predicted molar refractivity (Wildman–Crippen MR) is 71.9 cm³/mol. The number of hydrogen-bond donors (Lipinski definition) is 2. The number of aromatic amines is 1. The van der Waals surface area contributed by atoms with Gasteiger partial charge in [0.25, 0.3) is 5.91 Å². The predicted octanol–water partition coefficient (Wildman–Crippen LogP) is 1.87. The number of halogens is 2. The van der Waals surface area contributed by atoms with Gasteiger partial charge in [-0.2, -0.15) is 13.9 Å². The summed E-state index contributed by atoms with van der Waals surface area (Å²) in [6.45, 7) is -2.56. The van der Waals surface area contributed by atoms with Crippen molar-refractivity contribution in [3.8, 4) is 5.75 Å². The molecule has 0 aliphatic heterocycles. The van der Waals surface area contributed by atoms with E-state index in [2.05, 4.69) is 14.9 Å². The second kappa shape index (κ2) is 6.21. The number of aromatic nitrogens is 2. The van der Waals surface area contributed by atoms with Crippen molar-refractivity contribution in [1.29, 1.82) is 0 Å². The van der Waals surface area contributed by atoms with E-state index in [4.69, 9.17) is 5.73 Å². The minimum Gasteiger partial charge on any atom is -0.435 e. The molecule has 1 aromatic carbocycles. The molecule has 0 saturated heterocycles. The minimum absolute atomic E-state index is 0.0699. The average Bonchev–Trinajstić information content (AvgIpc) is 2.85. The number of ether oxygens (including phenoxy) is 1. The van der Waals surface area contributed by atoms with Gasteiger partial charge < -0.3 is 15.4 Å². The van der Waals surface area contributed by atoms with Crippen LogP contribution in [0, 0.1) is 0 Å². The van der Waals surface area contributed by atoms with Crippen LogP contribution < -0.4 is 10.5 Å². The maximum Gasteiger partial charge on any atom is 0.387 e. The molecule has 6 nitrogen and oxygen atoms in total. The quantitative estimate of drug-likeness (QED) is 0.882. The maximum atomic E-state index is 12.1. The van der Waals surface area contributed by atoms with E-state index in [0.717, 1.165) is 5.56 Å². The molecule has 21 heavy (non-hydrogen) atoms. The number of alkyl halides is 2. The highest BCUT2D eigenvalue weighted by Gasteiger charge is 2.16. The zero-order chi connectivity index (χ0) is 15.4. The van der Waals surface area contributed by atoms with E-state index in [0.29, 0.717) is 6.54 Å². The average molecular weight is 296 g/mol. The van der Waals surface area contributed by atoms with Gasteiger partial charge in [0.15, 0.2) is 0 Å². The number of nitrogens with one attached hydrogen (secondary N) is 1. The lowest BCUT2D eigenvalue weighted by Gasteiger charge is -2.17. The third-order valence-electron chi connectivity index (χ3n) is 2.80. The molecule has 112 valence electrons. The Hall–Kier alpha value is -2.64. The number of nitrogen functional groups attached to an aromatic ring is 1. The van der Waals surface area contributed by atoms with Gasteiger partial charge in [-0.05, 0) is 17.7 Å². The summed E-state index contributed by atoms with van der Waals surface area (Å²) in [6.07, 6.45) is 1.36. The maximum absolute atomic E-state index is 12.1. The van der Waals surface area contributed by atoms with Gasteiger partial charge >= 0.3 is 6.61 Å². The highest BCUT2D eigenvalue weighted by molar-refractivity contribution is 5.96. The summed E-state index contributed by atoms with van der Waals surface area (Å²) in [6, 6.07) is 6.06. The number of carbonyl (C=O) groups is 1. The number of H-pyrrole nitrogens is 1. The standard InChI is InChI=1S/C13H14F2N4O2/c1-19(12(20)11-10(16)6-17-18-11)7-8-2-4-9(5-3-8)21-13(14)15/h2-6,13H,7,16H2,1H3,(H,17,18). The first kappa shape index (κ1) is 14.8.